The molecule has 1 saturated carbocycles. The van der Waals surface area contributed by atoms with Crippen LogP contribution < -0.4 is 0 Å². The minimum absolute atomic E-state index is 0.0959. The van der Waals surface area contributed by atoms with Crippen molar-refractivity contribution in [3.63, 3.8) is 0 Å². The van der Waals surface area contributed by atoms with Crippen LogP contribution in [-0.2, 0) is 18.9 Å². The zero-order valence-corrected chi connectivity index (χ0v) is 15.6. The van der Waals surface area contributed by atoms with E-state index in [1.165, 1.54) is 0 Å². The number of carbonyl (C=O) groups excluding carboxylic acids is 2. The molecule has 0 aromatic rings. The van der Waals surface area contributed by atoms with Crippen LogP contribution in [0.25, 0.3) is 0 Å². The highest BCUT2D eigenvalue weighted by molar-refractivity contribution is 5.61. The molecule has 0 heterocycles. The lowest BCUT2D eigenvalue weighted by Gasteiger charge is -2.33. The molecule has 6 nitrogen and oxygen atoms in total. The third kappa shape index (κ3) is 8.22. The van der Waals surface area contributed by atoms with Crippen molar-refractivity contribution < 1.29 is 28.5 Å². The largest absolute Gasteiger partial charge is 0.509 e. The summed E-state index contributed by atoms with van der Waals surface area (Å²) in [7, 11) is 0. The van der Waals surface area contributed by atoms with Crippen LogP contribution >= 0.6 is 0 Å². The van der Waals surface area contributed by atoms with Crippen LogP contribution in [0.5, 0.6) is 0 Å². The molecule has 0 bridgehead atoms. The lowest BCUT2D eigenvalue weighted by molar-refractivity contribution is -0.0703. The van der Waals surface area contributed by atoms with Gasteiger partial charge in [-0.2, -0.15) is 0 Å². The molecule has 1 aliphatic carbocycles. The molecule has 138 valence electrons. The van der Waals surface area contributed by atoms with Gasteiger partial charge in [-0.1, -0.05) is 6.08 Å². The normalized spacial score (nSPS) is 24.7. The molecule has 0 spiro atoms. The fraction of sp³-hybridized carbons (Fsp3) is 0.778. The van der Waals surface area contributed by atoms with Crippen molar-refractivity contribution in [1.29, 1.82) is 0 Å². The molecule has 1 fully saturated rings. The second-order valence-electron chi connectivity index (χ2n) is 8.11. The van der Waals surface area contributed by atoms with E-state index in [0.717, 1.165) is 0 Å². The van der Waals surface area contributed by atoms with E-state index in [-0.39, 0.29) is 18.1 Å². The smallest absolute Gasteiger partial charge is 0.431 e. The summed E-state index contributed by atoms with van der Waals surface area (Å²) in [6.07, 6.45) is 1.28. The van der Waals surface area contributed by atoms with Crippen LogP contribution in [0.4, 0.5) is 9.59 Å². The van der Waals surface area contributed by atoms with Gasteiger partial charge in [0.1, 0.15) is 23.4 Å². The van der Waals surface area contributed by atoms with E-state index in [9.17, 15) is 9.59 Å². The van der Waals surface area contributed by atoms with Gasteiger partial charge in [-0.3, -0.25) is 0 Å². The van der Waals surface area contributed by atoms with Gasteiger partial charge < -0.3 is 18.9 Å². The number of rotatable bonds is 3. The minimum Gasteiger partial charge on any atom is -0.431 e. The van der Waals surface area contributed by atoms with Crippen molar-refractivity contribution >= 4 is 12.3 Å². The molecule has 0 aliphatic heterocycles. The summed E-state index contributed by atoms with van der Waals surface area (Å²) in [5, 5.41) is 0. The Balaban J connectivity index is 2.61. The molecule has 2 unspecified atom stereocenters. The van der Waals surface area contributed by atoms with E-state index >= 15 is 0 Å². The number of ether oxygens (including phenoxy) is 4. The van der Waals surface area contributed by atoms with Crippen LogP contribution in [0.15, 0.2) is 12.7 Å². The molecular formula is C18H30O6. The average Bonchev–Trinajstić information content (AvgIpc) is 2.33. The number of hydrogen-bond acceptors (Lipinski definition) is 6. The van der Waals surface area contributed by atoms with Crippen molar-refractivity contribution in [1.82, 2.24) is 0 Å². The van der Waals surface area contributed by atoms with Crippen molar-refractivity contribution in [3.05, 3.63) is 12.7 Å². The third-order valence-corrected chi connectivity index (χ3v) is 3.30. The van der Waals surface area contributed by atoms with Crippen molar-refractivity contribution in [2.75, 3.05) is 0 Å². The summed E-state index contributed by atoms with van der Waals surface area (Å²) in [4.78, 5) is 23.7. The van der Waals surface area contributed by atoms with Crippen LogP contribution in [0.1, 0.15) is 60.8 Å². The lowest BCUT2D eigenvalue weighted by atomic mass is 9.85. The quantitative estimate of drug-likeness (QED) is 0.551. The topological polar surface area (TPSA) is 71.1 Å². The van der Waals surface area contributed by atoms with E-state index in [1.54, 1.807) is 47.6 Å². The molecule has 2 atom stereocenters. The maximum Gasteiger partial charge on any atom is 0.509 e. The summed E-state index contributed by atoms with van der Waals surface area (Å²) < 4.78 is 21.1. The molecule has 0 amide bonds. The fourth-order valence-electron chi connectivity index (χ4n) is 2.46. The van der Waals surface area contributed by atoms with Crippen molar-refractivity contribution in [2.45, 2.75) is 84.2 Å². The summed E-state index contributed by atoms with van der Waals surface area (Å²) in [5.41, 5.74) is -1.23. The van der Waals surface area contributed by atoms with Crippen molar-refractivity contribution in [2.24, 2.45) is 5.92 Å². The first-order valence-electron chi connectivity index (χ1n) is 8.30. The molecule has 24 heavy (non-hydrogen) atoms. The Morgan fingerprint density at radius 3 is 1.50 bits per heavy atom. The van der Waals surface area contributed by atoms with Gasteiger partial charge in [0.15, 0.2) is 0 Å². The highest BCUT2D eigenvalue weighted by atomic mass is 16.7. The van der Waals surface area contributed by atoms with Gasteiger partial charge >= 0.3 is 12.3 Å². The van der Waals surface area contributed by atoms with Crippen LogP contribution in [0.3, 0.4) is 0 Å². The van der Waals surface area contributed by atoms with E-state index in [4.69, 9.17) is 18.9 Å². The summed E-state index contributed by atoms with van der Waals surface area (Å²) in [6, 6.07) is 0. The minimum atomic E-state index is -0.715. The summed E-state index contributed by atoms with van der Waals surface area (Å²) in [5.74, 6) is 0.0959. The van der Waals surface area contributed by atoms with Crippen LogP contribution in [0, 0.1) is 5.92 Å². The molecule has 6 heteroatoms. The molecular weight excluding hydrogens is 312 g/mol. The maximum atomic E-state index is 11.8. The van der Waals surface area contributed by atoms with E-state index in [2.05, 4.69) is 6.58 Å². The second-order valence-corrected chi connectivity index (χ2v) is 8.11. The molecule has 0 radical (unpaired) electrons. The Kier molecular flexibility index (Phi) is 6.69. The molecule has 0 saturated heterocycles. The maximum absolute atomic E-state index is 11.8. The Bertz CT molecular complexity index is 419. The number of allylic oxidation sites excluding steroid dienone is 1. The average molecular weight is 342 g/mol. The Labute approximate surface area is 144 Å². The van der Waals surface area contributed by atoms with Crippen LogP contribution in [0.2, 0.25) is 0 Å². The molecule has 0 N–H and O–H groups in total. The third-order valence-electron chi connectivity index (χ3n) is 3.30. The monoisotopic (exact) mass is 342 g/mol. The van der Waals surface area contributed by atoms with Crippen molar-refractivity contribution in [3.8, 4) is 0 Å². The van der Waals surface area contributed by atoms with E-state index in [1.807, 2.05) is 0 Å². The van der Waals surface area contributed by atoms with Gasteiger partial charge in [0, 0.05) is 6.42 Å². The second kappa shape index (κ2) is 7.90. The Morgan fingerprint density at radius 2 is 1.21 bits per heavy atom. The molecule has 0 aromatic carbocycles. The lowest BCUT2D eigenvalue weighted by Crippen LogP contribution is -2.37. The van der Waals surface area contributed by atoms with Gasteiger partial charge in [0.25, 0.3) is 0 Å². The standard InChI is InChI=1S/C18H30O6/c1-8-12-9-13(21-15(19)23-17(2,3)4)11-14(10-12)22-16(20)24-18(5,6)7/h8,12-14H,1,9-11H2,2-7H3. The van der Waals surface area contributed by atoms with Crippen LogP contribution in [-0.4, -0.2) is 35.7 Å². The van der Waals surface area contributed by atoms with E-state index in [0.29, 0.717) is 19.3 Å². The molecule has 1 aliphatic rings. The van der Waals surface area contributed by atoms with Gasteiger partial charge in [0.2, 0.25) is 0 Å². The predicted molar refractivity (Wildman–Crippen MR) is 89.8 cm³/mol. The predicted octanol–water partition coefficient (Wildman–Crippen LogP) is 4.61. The number of carbonyl (C=O) groups is 2. The summed E-state index contributed by atoms with van der Waals surface area (Å²) in [6.45, 7) is 14.4. The highest BCUT2D eigenvalue weighted by Gasteiger charge is 2.34. The SMILES string of the molecule is C=CC1CC(OC(=O)OC(C)(C)C)CC(OC(=O)OC(C)(C)C)C1. The van der Waals surface area contributed by atoms with Gasteiger partial charge in [-0.15, -0.1) is 6.58 Å². The summed E-state index contributed by atoms with van der Waals surface area (Å²) >= 11 is 0. The fourth-order valence-corrected chi connectivity index (χ4v) is 2.46. The molecule has 1 rings (SSSR count). The number of hydrogen-bond donors (Lipinski definition) is 0. The van der Waals surface area contributed by atoms with Gasteiger partial charge in [0.05, 0.1) is 0 Å². The van der Waals surface area contributed by atoms with Gasteiger partial charge in [-0.25, -0.2) is 9.59 Å². The zero-order valence-electron chi connectivity index (χ0n) is 15.6. The highest BCUT2D eigenvalue weighted by Crippen LogP contribution is 2.30. The van der Waals surface area contributed by atoms with Gasteiger partial charge in [-0.05, 0) is 60.3 Å². The zero-order chi connectivity index (χ0) is 18.5. The Hall–Kier alpha value is -1.72. The molecule has 0 aromatic heterocycles. The first-order chi connectivity index (χ1) is 10.9. The van der Waals surface area contributed by atoms with E-state index < -0.39 is 23.5 Å². The first-order valence-corrected chi connectivity index (χ1v) is 8.30. The first kappa shape index (κ1) is 20.3. The Morgan fingerprint density at radius 1 is 0.833 bits per heavy atom.